The van der Waals surface area contributed by atoms with Crippen molar-refractivity contribution in [2.24, 2.45) is 0 Å². The Morgan fingerprint density at radius 3 is 2.57 bits per heavy atom. The minimum Gasteiger partial charge on any atom is -0.487 e. The second kappa shape index (κ2) is 7.13. The van der Waals surface area contributed by atoms with Crippen LogP contribution in [0.3, 0.4) is 0 Å². The molecule has 0 aliphatic carbocycles. The lowest BCUT2D eigenvalue weighted by atomic mass is 9.88. The number of benzene rings is 2. The van der Waals surface area contributed by atoms with Gasteiger partial charge in [-0.15, -0.1) is 0 Å². The number of amides is 1. The summed E-state index contributed by atoms with van der Waals surface area (Å²) in [7, 11) is -2.04. The third kappa shape index (κ3) is 4.14. The van der Waals surface area contributed by atoms with E-state index in [1.54, 1.807) is 24.3 Å². The molecule has 1 N–H and O–H groups in total. The molecule has 3 rings (SSSR count). The van der Waals surface area contributed by atoms with Crippen LogP contribution in [0.25, 0.3) is 0 Å². The molecule has 0 radical (unpaired) electrons. The molecule has 2 aromatic rings. The molecule has 1 heterocycles. The first kappa shape index (κ1) is 20.2. The second-order valence-electron chi connectivity index (χ2n) is 7.88. The summed E-state index contributed by atoms with van der Waals surface area (Å²) in [4.78, 5) is 13.1. The maximum atomic E-state index is 13.1. The quantitative estimate of drug-likeness (QED) is 0.850. The van der Waals surface area contributed by atoms with Gasteiger partial charge in [-0.1, -0.05) is 29.8 Å². The molecule has 0 saturated carbocycles. The maximum Gasteiger partial charge on any atom is 0.253 e. The molecule has 0 spiro atoms. The van der Waals surface area contributed by atoms with Gasteiger partial charge in [0.05, 0.1) is 23.5 Å². The van der Waals surface area contributed by atoms with E-state index < -0.39 is 15.6 Å². The number of hydrogen-bond acceptors (Lipinski definition) is 4. The standard InChI is InChI=1S/C21H26N2O4S/c1-14-10-11-19-16(12-14)17(13-21(2,3)27-19)22-20(24)15-8-6-7-9-18(15)23(4)28(5,25)26/h6-12,17H,13H2,1-5H3,(H,22,24). The number of hydrogen-bond donors (Lipinski definition) is 1. The van der Waals surface area contributed by atoms with Gasteiger partial charge < -0.3 is 10.1 Å². The van der Waals surface area contributed by atoms with Crippen LogP contribution in [0, 0.1) is 6.92 Å². The molecule has 1 atom stereocenters. The molecule has 7 heteroatoms. The Labute approximate surface area is 166 Å². The highest BCUT2D eigenvalue weighted by atomic mass is 32.2. The molecule has 1 aliphatic heterocycles. The SMILES string of the molecule is Cc1ccc2c(c1)C(NC(=O)c1ccccc1N(C)S(C)(=O)=O)CC(C)(C)O2. The zero-order valence-corrected chi connectivity index (χ0v) is 17.6. The van der Waals surface area contributed by atoms with Crippen LogP contribution in [0.5, 0.6) is 5.75 Å². The highest BCUT2D eigenvalue weighted by molar-refractivity contribution is 7.92. The average Bonchev–Trinajstić information content (AvgIpc) is 2.60. The van der Waals surface area contributed by atoms with Crippen molar-refractivity contribution >= 4 is 21.6 Å². The first-order chi connectivity index (χ1) is 13.0. The van der Waals surface area contributed by atoms with E-state index in [4.69, 9.17) is 4.74 Å². The minimum absolute atomic E-state index is 0.234. The van der Waals surface area contributed by atoms with Gasteiger partial charge in [0.15, 0.2) is 0 Å². The Bertz CT molecular complexity index is 1010. The van der Waals surface area contributed by atoms with Gasteiger partial charge in [0.25, 0.3) is 5.91 Å². The lowest BCUT2D eigenvalue weighted by Gasteiger charge is -2.38. The van der Waals surface area contributed by atoms with E-state index in [0.29, 0.717) is 17.7 Å². The lowest BCUT2D eigenvalue weighted by Crippen LogP contribution is -2.41. The molecular formula is C21H26N2O4S. The molecule has 1 aliphatic rings. The number of ether oxygens (including phenoxy) is 1. The molecule has 150 valence electrons. The number of anilines is 1. The minimum atomic E-state index is -3.48. The summed E-state index contributed by atoms with van der Waals surface area (Å²) in [5.74, 6) is 0.440. The summed E-state index contributed by atoms with van der Waals surface area (Å²) in [6.45, 7) is 5.97. The first-order valence-electron chi connectivity index (χ1n) is 9.11. The Morgan fingerprint density at radius 2 is 1.89 bits per heavy atom. The molecule has 1 unspecified atom stereocenters. The number of carbonyl (C=O) groups is 1. The van der Waals surface area contributed by atoms with E-state index in [1.807, 2.05) is 39.0 Å². The third-order valence-corrected chi connectivity index (χ3v) is 6.11. The summed E-state index contributed by atoms with van der Waals surface area (Å²) in [6, 6.07) is 12.4. The molecular weight excluding hydrogens is 376 g/mol. The van der Waals surface area contributed by atoms with Crippen molar-refractivity contribution in [3.05, 3.63) is 59.2 Å². The zero-order valence-electron chi connectivity index (χ0n) is 16.8. The summed E-state index contributed by atoms with van der Waals surface area (Å²) < 4.78 is 31.1. The number of rotatable bonds is 4. The van der Waals surface area contributed by atoms with Crippen LogP contribution in [0.15, 0.2) is 42.5 Å². The lowest BCUT2D eigenvalue weighted by molar-refractivity contribution is 0.0619. The number of nitrogens with zero attached hydrogens (tertiary/aromatic N) is 1. The van der Waals surface area contributed by atoms with Crippen molar-refractivity contribution in [2.75, 3.05) is 17.6 Å². The Balaban J connectivity index is 1.96. The summed E-state index contributed by atoms with van der Waals surface area (Å²) in [6.07, 6.45) is 1.72. The van der Waals surface area contributed by atoms with Gasteiger partial charge in [-0.05, 0) is 39.0 Å². The van der Waals surface area contributed by atoms with E-state index in [-0.39, 0.29) is 11.9 Å². The number of aryl methyl sites for hydroxylation is 1. The molecule has 28 heavy (non-hydrogen) atoms. The van der Waals surface area contributed by atoms with Gasteiger partial charge >= 0.3 is 0 Å². The average molecular weight is 403 g/mol. The fourth-order valence-corrected chi connectivity index (χ4v) is 3.97. The van der Waals surface area contributed by atoms with Gasteiger partial charge in [0.1, 0.15) is 11.4 Å². The predicted molar refractivity (Wildman–Crippen MR) is 110 cm³/mol. The van der Waals surface area contributed by atoms with Crippen molar-refractivity contribution in [1.29, 1.82) is 0 Å². The molecule has 0 aromatic heterocycles. The highest BCUT2D eigenvalue weighted by Crippen LogP contribution is 2.40. The number of sulfonamides is 1. The third-order valence-electron chi connectivity index (χ3n) is 4.91. The van der Waals surface area contributed by atoms with E-state index in [0.717, 1.165) is 27.4 Å². The number of carbonyl (C=O) groups excluding carboxylic acids is 1. The number of nitrogens with one attached hydrogen (secondary N) is 1. The number of para-hydroxylation sites is 1. The Kier molecular flexibility index (Phi) is 5.14. The van der Waals surface area contributed by atoms with Crippen molar-refractivity contribution in [3.8, 4) is 5.75 Å². The molecule has 0 bridgehead atoms. The van der Waals surface area contributed by atoms with Crippen LogP contribution in [0.1, 0.15) is 47.8 Å². The topological polar surface area (TPSA) is 75.7 Å². The van der Waals surface area contributed by atoms with Crippen molar-refractivity contribution in [3.63, 3.8) is 0 Å². The molecule has 1 amide bonds. The van der Waals surface area contributed by atoms with E-state index in [2.05, 4.69) is 5.32 Å². The molecule has 2 aromatic carbocycles. The van der Waals surface area contributed by atoms with Crippen molar-refractivity contribution in [2.45, 2.75) is 38.8 Å². The normalized spacial score (nSPS) is 18.0. The van der Waals surface area contributed by atoms with Gasteiger partial charge in [-0.3, -0.25) is 9.10 Å². The number of fused-ring (bicyclic) bond motifs is 1. The smallest absolute Gasteiger partial charge is 0.253 e. The van der Waals surface area contributed by atoms with Crippen molar-refractivity contribution in [1.82, 2.24) is 5.32 Å². The maximum absolute atomic E-state index is 13.1. The van der Waals surface area contributed by atoms with Crippen molar-refractivity contribution < 1.29 is 17.9 Å². The fraction of sp³-hybridized carbons (Fsp3) is 0.381. The van der Waals surface area contributed by atoms with E-state index in [9.17, 15) is 13.2 Å². The van der Waals surface area contributed by atoms with E-state index >= 15 is 0 Å². The Hall–Kier alpha value is -2.54. The first-order valence-corrected chi connectivity index (χ1v) is 11.0. The van der Waals surface area contributed by atoms with Crippen LogP contribution >= 0.6 is 0 Å². The zero-order chi connectivity index (χ0) is 20.7. The predicted octanol–water partition coefficient (Wildman–Crippen LogP) is 3.42. The van der Waals surface area contributed by atoms with E-state index in [1.165, 1.54) is 7.05 Å². The second-order valence-corrected chi connectivity index (χ2v) is 9.89. The van der Waals surface area contributed by atoms with Crippen LogP contribution < -0.4 is 14.4 Å². The summed E-state index contributed by atoms with van der Waals surface area (Å²) >= 11 is 0. The largest absolute Gasteiger partial charge is 0.487 e. The van der Waals surface area contributed by atoms with Crippen LogP contribution in [-0.2, 0) is 10.0 Å². The molecule has 0 saturated heterocycles. The summed E-state index contributed by atoms with van der Waals surface area (Å²) in [5.41, 5.74) is 2.25. The van der Waals surface area contributed by atoms with Crippen LogP contribution in [0.2, 0.25) is 0 Å². The van der Waals surface area contributed by atoms with Gasteiger partial charge in [-0.25, -0.2) is 8.42 Å². The fourth-order valence-electron chi connectivity index (χ4n) is 3.46. The van der Waals surface area contributed by atoms with Gasteiger partial charge in [0, 0.05) is 19.0 Å². The van der Waals surface area contributed by atoms with Gasteiger partial charge in [0.2, 0.25) is 10.0 Å². The van der Waals surface area contributed by atoms with Gasteiger partial charge in [-0.2, -0.15) is 0 Å². The van der Waals surface area contributed by atoms with Crippen LogP contribution in [-0.4, -0.2) is 33.2 Å². The Morgan fingerprint density at radius 1 is 1.21 bits per heavy atom. The highest BCUT2D eigenvalue weighted by Gasteiger charge is 2.35. The summed E-state index contributed by atoms with van der Waals surface area (Å²) in [5, 5.41) is 3.08. The molecule has 0 fully saturated rings. The monoisotopic (exact) mass is 402 g/mol. The molecule has 6 nitrogen and oxygen atoms in total. The van der Waals surface area contributed by atoms with Crippen LogP contribution in [0.4, 0.5) is 5.69 Å².